The van der Waals surface area contributed by atoms with Gasteiger partial charge < -0.3 is 15.1 Å². The molecule has 6 heteroatoms. The van der Waals surface area contributed by atoms with E-state index in [1.807, 2.05) is 30.3 Å². The van der Waals surface area contributed by atoms with Gasteiger partial charge in [-0.05, 0) is 69.0 Å². The number of hydrogen-bond donors (Lipinski definition) is 1. The number of benzene rings is 1. The first-order valence-corrected chi connectivity index (χ1v) is 9.85. The van der Waals surface area contributed by atoms with E-state index in [1.165, 1.54) is 12.8 Å². The van der Waals surface area contributed by atoms with Crippen LogP contribution in [-0.2, 0) is 0 Å². The number of aromatic nitrogens is 2. The van der Waals surface area contributed by atoms with E-state index >= 15 is 0 Å². The quantitative estimate of drug-likeness (QED) is 0.841. The van der Waals surface area contributed by atoms with Crippen molar-refractivity contribution in [2.24, 2.45) is 5.92 Å². The fourth-order valence-electron chi connectivity index (χ4n) is 3.55. The van der Waals surface area contributed by atoms with Crippen LogP contribution >= 0.6 is 0 Å². The Morgan fingerprint density at radius 3 is 2.48 bits per heavy atom. The molecule has 1 atom stereocenters. The number of rotatable bonds is 6. The third-order valence-electron chi connectivity index (χ3n) is 5.12. The second kappa shape index (κ2) is 8.84. The molecule has 0 spiro atoms. The SMILES string of the molecule is CCN(CC)c1ccc(NC(=O)c2ccc(N3CCCC(C)C3)nn2)cc1. The van der Waals surface area contributed by atoms with Crippen molar-refractivity contribution in [2.45, 2.75) is 33.6 Å². The van der Waals surface area contributed by atoms with Gasteiger partial charge >= 0.3 is 0 Å². The first-order valence-electron chi connectivity index (χ1n) is 9.85. The van der Waals surface area contributed by atoms with Crippen LogP contribution in [0, 0.1) is 5.92 Å². The monoisotopic (exact) mass is 367 g/mol. The molecule has 0 bridgehead atoms. The maximum absolute atomic E-state index is 12.4. The van der Waals surface area contributed by atoms with E-state index in [1.54, 1.807) is 6.07 Å². The molecule has 27 heavy (non-hydrogen) atoms. The number of hydrogen-bond acceptors (Lipinski definition) is 5. The van der Waals surface area contributed by atoms with E-state index in [-0.39, 0.29) is 5.91 Å². The molecule has 1 aromatic carbocycles. The molecule has 1 unspecified atom stereocenters. The van der Waals surface area contributed by atoms with Crippen LogP contribution in [0.1, 0.15) is 44.1 Å². The topological polar surface area (TPSA) is 61.4 Å². The van der Waals surface area contributed by atoms with Crippen molar-refractivity contribution in [1.29, 1.82) is 0 Å². The fraction of sp³-hybridized carbons (Fsp3) is 0.476. The average Bonchev–Trinajstić information content (AvgIpc) is 2.70. The Hall–Kier alpha value is -2.63. The highest BCUT2D eigenvalue weighted by molar-refractivity contribution is 6.02. The lowest BCUT2D eigenvalue weighted by Gasteiger charge is -2.31. The first kappa shape index (κ1) is 19.1. The summed E-state index contributed by atoms with van der Waals surface area (Å²) in [5, 5.41) is 11.3. The highest BCUT2D eigenvalue weighted by Gasteiger charge is 2.18. The van der Waals surface area contributed by atoms with Crippen LogP contribution in [0.4, 0.5) is 17.2 Å². The molecular weight excluding hydrogens is 338 g/mol. The first-order chi connectivity index (χ1) is 13.1. The van der Waals surface area contributed by atoms with E-state index < -0.39 is 0 Å². The van der Waals surface area contributed by atoms with Crippen LogP contribution in [0.2, 0.25) is 0 Å². The van der Waals surface area contributed by atoms with Crippen molar-refractivity contribution in [3.8, 4) is 0 Å². The Kier molecular flexibility index (Phi) is 6.27. The molecule has 2 aromatic rings. The van der Waals surface area contributed by atoms with Crippen LogP contribution in [0.5, 0.6) is 0 Å². The number of carbonyl (C=O) groups is 1. The molecule has 0 saturated carbocycles. The molecular formula is C21H29N5O. The van der Waals surface area contributed by atoms with E-state index in [2.05, 4.69) is 46.1 Å². The predicted octanol–water partition coefficient (Wildman–Crippen LogP) is 3.81. The lowest BCUT2D eigenvalue weighted by molar-refractivity contribution is 0.102. The number of nitrogens with zero attached hydrogens (tertiary/aromatic N) is 4. The van der Waals surface area contributed by atoms with Crippen LogP contribution < -0.4 is 15.1 Å². The number of anilines is 3. The lowest BCUT2D eigenvalue weighted by Crippen LogP contribution is -2.35. The van der Waals surface area contributed by atoms with Gasteiger partial charge in [-0.25, -0.2) is 0 Å². The van der Waals surface area contributed by atoms with Gasteiger partial charge in [-0.2, -0.15) is 0 Å². The minimum atomic E-state index is -0.239. The summed E-state index contributed by atoms with van der Waals surface area (Å²) in [6.07, 6.45) is 2.44. The summed E-state index contributed by atoms with van der Waals surface area (Å²) in [6, 6.07) is 11.5. The standard InChI is InChI=1S/C21H29N5O/c1-4-25(5-2)18-10-8-17(9-11-18)22-21(27)19-12-13-20(24-23-19)26-14-6-7-16(3)15-26/h8-13,16H,4-7,14-15H2,1-3H3,(H,22,27). The molecule has 2 heterocycles. The van der Waals surface area contributed by atoms with Gasteiger partial charge in [0.15, 0.2) is 11.5 Å². The van der Waals surface area contributed by atoms with Gasteiger partial charge in [0, 0.05) is 37.6 Å². The maximum Gasteiger partial charge on any atom is 0.276 e. The van der Waals surface area contributed by atoms with Gasteiger partial charge in [0.1, 0.15) is 0 Å². The van der Waals surface area contributed by atoms with Crippen molar-refractivity contribution in [1.82, 2.24) is 10.2 Å². The summed E-state index contributed by atoms with van der Waals surface area (Å²) in [6.45, 7) is 10.4. The third-order valence-corrected chi connectivity index (χ3v) is 5.12. The molecule has 6 nitrogen and oxygen atoms in total. The molecule has 0 aliphatic carbocycles. The summed E-state index contributed by atoms with van der Waals surface area (Å²) < 4.78 is 0. The molecule has 3 rings (SSSR count). The lowest BCUT2D eigenvalue weighted by atomic mass is 10.0. The maximum atomic E-state index is 12.4. The summed E-state index contributed by atoms with van der Waals surface area (Å²) in [5.41, 5.74) is 2.24. The summed E-state index contributed by atoms with van der Waals surface area (Å²) in [7, 11) is 0. The van der Waals surface area contributed by atoms with Gasteiger partial charge in [-0.15, -0.1) is 10.2 Å². The van der Waals surface area contributed by atoms with Crippen LogP contribution in [-0.4, -0.2) is 42.3 Å². The van der Waals surface area contributed by atoms with Crippen molar-refractivity contribution >= 4 is 23.1 Å². The number of carbonyl (C=O) groups excluding carboxylic acids is 1. The highest BCUT2D eigenvalue weighted by atomic mass is 16.1. The molecule has 0 radical (unpaired) electrons. The molecule has 144 valence electrons. The van der Waals surface area contributed by atoms with E-state index in [4.69, 9.17) is 0 Å². The van der Waals surface area contributed by atoms with Crippen molar-refractivity contribution < 1.29 is 4.79 Å². The number of piperidine rings is 1. The molecule has 1 aromatic heterocycles. The van der Waals surface area contributed by atoms with Crippen LogP contribution in [0.25, 0.3) is 0 Å². The molecule has 1 aliphatic heterocycles. The smallest absolute Gasteiger partial charge is 0.276 e. The predicted molar refractivity (Wildman–Crippen MR) is 111 cm³/mol. The summed E-state index contributed by atoms with van der Waals surface area (Å²) >= 11 is 0. The second-order valence-corrected chi connectivity index (χ2v) is 7.14. The molecule has 1 aliphatic rings. The van der Waals surface area contributed by atoms with Gasteiger partial charge in [0.05, 0.1) is 0 Å². The Balaban J connectivity index is 1.62. The number of amides is 1. The average molecular weight is 367 g/mol. The third kappa shape index (κ3) is 4.76. The molecule has 1 amide bonds. The van der Waals surface area contributed by atoms with E-state index in [9.17, 15) is 4.79 Å². The minimum Gasteiger partial charge on any atom is -0.372 e. The molecule has 1 N–H and O–H groups in total. The Bertz CT molecular complexity index is 740. The largest absolute Gasteiger partial charge is 0.372 e. The van der Waals surface area contributed by atoms with Gasteiger partial charge in [0.25, 0.3) is 5.91 Å². The van der Waals surface area contributed by atoms with Crippen LogP contribution in [0.15, 0.2) is 36.4 Å². The summed E-state index contributed by atoms with van der Waals surface area (Å²) in [5.74, 6) is 1.28. The Morgan fingerprint density at radius 2 is 1.89 bits per heavy atom. The van der Waals surface area contributed by atoms with E-state index in [0.29, 0.717) is 11.6 Å². The Labute approximate surface area is 161 Å². The van der Waals surface area contributed by atoms with Gasteiger partial charge in [0.2, 0.25) is 0 Å². The van der Waals surface area contributed by atoms with Crippen molar-refractivity contribution in [3.63, 3.8) is 0 Å². The number of nitrogens with one attached hydrogen (secondary N) is 1. The van der Waals surface area contributed by atoms with Crippen molar-refractivity contribution in [3.05, 3.63) is 42.1 Å². The zero-order chi connectivity index (χ0) is 19.2. The van der Waals surface area contributed by atoms with Crippen LogP contribution in [0.3, 0.4) is 0 Å². The molecule has 1 fully saturated rings. The summed E-state index contributed by atoms with van der Waals surface area (Å²) in [4.78, 5) is 17.0. The normalized spacial score (nSPS) is 16.9. The fourth-order valence-corrected chi connectivity index (χ4v) is 3.55. The van der Waals surface area contributed by atoms with Gasteiger partial charge in [-0.3, -0.25) is 4.79 Å². The van der Waals surface area contributed by atoms with Crippen molar-refractivity contribution in [2.75, 3.05) is 41.3 Å². The Morgan fingerprint density at radius 1 is 1.15 bits per heavy atom. The zero-order valence-electron chi connectivity index (χ0n) is 16.5. The highest BCUT2D eigenvalue weighted by Crippen LogP contribution is 2.21. The van der Waals surface area contributed by atoms with Gasteiger partial charge in [-0.1, -0.05) is 6.92 Å². The second-order valence-electron chi connectivity index (χ2n) is 7.14. The van der Waals surface area contributed by atoms with E-state index in [0.717, 1.165) is 43.4 Å². The zero-order valence-corrected chi connectivity index (χ0v) is 16.5. The molecule has 1 saturated heterocycles. The minimum absolute atomic E-state index is 0.239.